The van der Waals surface area contributed by atoms with Crippen LogP contribution >= 0.6 is 0 Å². The van der Waals surface area contributed by atoms with Gasteiger partial charge in [-0.25, -0.2) is 9.48 Å². The lowest BCUT2D eigenvalue weighted by Crippen LogP contribution is -2.47. The van der Waals surface area contributed by atoms with E-state index < -0.39 is 12.0 Å². The van der Waals surface area contributed by atoms with Crippen LogP contribution in [0.3, 0.4) is 0 Å². The van der Waals surface area contributed by atoms with Crippen LogP contribution < -0.4 is 0 Å². The zero-order valence-electron chi connectivity index (χ0n) is 13.0. The van der Waals surface area contributed by atoms with Gasteiger partial charge >= 0.3 is 5.97 Å². The van der Waals surface area contributed by atoms with Crippen LogP contribution in [0.5, 0.6) is 0 Å². The first-order valence-corrected chi connectivity index (χ1v) is 7.73. The van der Waals surface area contributed by atoms with Crippen LogP contribution in [0.2, 0.25) is 0 Å². The molecule has 1 unspecified atom stereocenters. The minimum absolute atomic E-state index is 0.222. The Balaban J connectivity index is 1.80. The highest BCUT2D eigenvalue weighted by molar-refractivity contribution is 5.96. The predicted octanol–water partition coefficient (Wildman–Crippen LogP) is 2.26. The maximum Gasteiger partial charge on any atom is 0.326 e. The summed E-state index contributed by atoms with van der Waals surface area (Å²) < 4.78 is 1.74. The molecular formula is C17H19N3O3. The Labute approximate surface area is 134 Å². The zero-order valence-corrected chi connectivity index (χ0v) is 13.0. The number of carbonyl (C=O) groups excluding carboxylic acids is 1. The molecule has 1 aromatic carbocycles. The van der Waals surface area contributed by atoms with Crippen LogP contribution in [-0.4, -0.2) is 44.3 Å². The van der Waals surface area contributed by atoms with Crippen LogP contribution in [0.25, 0.3) is 5.69 Å². The van der Waals surface area contributed by atoms with Gasteiger partial charge < -0.3 is 10.0 Å². The largest absolute Gasteiger partial charge is 0.480 e. The number of benzene rings is 1. The van der Waals surface area contributed by atoms with Gasteiger partial charge in [0.15, 0.2) is 0 Å². The Morgan fingerprint density at radius 1 is 1.17 bits per heavy atom. The number of hydrogen-bond donors (Lipinski definition) is 1. The average Bonchev–Trinajstić information content (AvgIpc) is 3.01. The number of carboxylic acid groups (broad SMARTS) is 1. The Kier molecular flexibility index (Phi) is 4.14. The summed E-state index contributed by atoms with van der Waals surface area (Å²) >= 11 is 0. The fourth-order valence-electron chi connectivity index (χ4n) is 2.91. The van der Waals surface area contributed by atoms with E-state index in [2.05, 4.69) is 5.10 Å². The number of aryl methyl sites for hydroxylation is 1. The third kappa shape index (κ3) is 3.11. The Morgan fingerprint density at radius 2 is 1.91 bits per heavy atom. The highest BCUT2D eigenvalue weighted by Gasteiger charge is 2.32. The van der Waals surface area contributed by atoms with Gasteiger partial charge in [-0.3, -0.25) is 4.79 Å². The lowest BCUT2D eigenvalue weighted by molar-refractivity contribution is -0.143. The molecule has 3 rings (SSSR count). The standard InChI is InChI=1S/C17H19N3O3/c1-12-9-11-20(18-12)14-7-5-13(6-8-14)16(21)19-10-3-2-4-15(19)17(22)23/h5-9,11,15H,2-4,10H2,1H3,(H,22,23). The summed E-state index contributed by atoms with van der Waals surface area (Å²) in [4.78, 5) is 25.4. The van der Waals surface area contributed by atoms with Gasteiger partial charge in [-0.15, -0.1) is 0 Å². The first-order valence-electron chi connectivity index (χ1n) is 7.73. The summed E-state index contributed by atoms with van der Waals surface area (Å²) in [5, 5.41) is 13.6. The minimum Gasteiger partial charge on any atom is -0.480 e. The van der Waals surface area contributed by atoms with Crippen molar-refractivity contribution in [2.45, 2.75) is 32.2 Å². The van der Waals surface area contributed by atoms with Crippen molar-refractivity contribution in [2.24, 2.45) is 0 Å². The van der Waals surface area contributed by atoms with Gasteiger partial charge in [-0.1, -0.05) is 0 Å². The number of carboxylic acids is 1. The molecule has 6 heteroatoms. The van der Waals surface area contributed by atoms with E-state index in [0.29, 0.717) is 18.5 Å². The average molecular weight is 313 g/mol. The van der Waals surface area contributed by atoms with Crippen LogP contribution in [0.1, 0.15) is 35.3 Å². The third-order valence-corrected chi connectivity index (χ3v) is 4.15. The molecule has 0 aliphatic carbocycles. The smallest absolute Gasteiger partial charge is 0.326 e. The SMILES string of the molecule is Cc1ccn(-c2ccc(C(=O)N3CCCCC3C(=O)O)cc2)n1. The lowest BCUT2D eigenvalue weighted by Gasteiger charge is -2.33. The number of carbonyl (C=O) groups is 2. The summed E-state index contributed by atoms with van der Waals surface area (Å²) in [7, 11) is 0. The summed E-state index contributed by atoms with van der Waals surface area (Å²) in [5.41, 5.74) is 2.29. The van der Waals surface area contributed by atoms with Crippen molar-refractivity contribution in [1.29, 1.82) is 0 Å². The third-order valence-electron chi connectivity index (χ3n) is 4.15. The molecule has 1 N–H and O–H groups in total. The van der Waals surface area contributed by atoms with E-state index >= 15 is 0 Å². The fourth-order valence-corrected chi connectivity index (χ4v) is 2.91. The van der Waals surface area contributed by atoms with E-state index in [1.54, 1.807) is 16.8 Å². The van der Waals surface area contributed by atoms with Gasteiger partial charge in [-0.05, 0) is 56.5 Å². The molecule has 6 nitrogen and oxygen atoms in total. The monoisotopic (exact) mass is 313 g/mol. The van der Waals surface area contributed by atoms with Crippen molar-refractivity contribution >= 4 is 11.9 Å². The molecule has 2 heterocycles. The van der Waals surface area contributed by atoms with Gasteiger partial charge in [0.25, 0.3) is 5.91 Å². The first kappa shape index (κ1) is 15.3. The van der Waals surface area contributed by atoms with E-state index in [4.69, 9.17) is 0 Å². The van der Waals surface area contributed by atoms with Gasteiger partial charge in [-0.2, -0.15) is 5.10 Å². The molecule has 1 aliphatic rings. The van der Waals surface area contributed by atoms with Crippen molar-refractivity contribution < 1.29 is 14.7 Å². The molecule has 0 saturated carbocycles. The lowest BCUT2D eigenvalue weighted by atomic mass is 10.0. The second kappa shape index (κ2) is 6.24. The summed E-state index contributed by atoms with van der Waals surface area (Å²) in [6, 6.07) is 8.28. The molecule has 1 atom stereocenters. The molecule has 1 aromatic heterocycles. The molecule has 1 aliphatic heterocycles. The van der Waals surface area contributed by atoms with Crippen LogP contribution in [0.15, 0.2) is 36.5 Å². The number of hydrogen-bond acceptors (Lipinski definition) is 3. The Morgan fingerprint density at radius 3 is 2.52 bits per heavy atom. The van der Waals surface area contributed by atoms with Crippen molar-refractivity contribution in [3.8, 4) is 5.69 Å². The molecule has 2 aromatic rings. The van der Waals surface area contributed by atoms with Crippen molar-refractivity contribution in [3.05, 3.63) is 47.8 Å². The Bertz CT molecular complexity index is 721. The summed E-state index contributed by atoms with van der Waals surface area (Å²) in [6.45, 7) is 2.41. The zero-order chi connectivity index (χ0) is 16.4. The van der Waals surface area contributed by atoms with Crippen molar-refractivity contribution in [1.82, 2.24) is 14.7 Å². The maximum absolute atomic E-state index is 12.6. The van der Waals surface area contributed by atoms with Crippen LogP contribution in [0, 0.1) is 6.92 Å². The van der Waals surface area contributed by atoms with E-state index in [1.807, 2.05) is 31.3 Å². The molecule has 120 valence electrons. The molecule has 0 bridgehead atoms. The summed E-state index contributed by atoms with van der Waals surface area (Å²) in [6.07, 6.45) is 4.07. The van der Waals surface area contributed by atoms with Crippen LogP contribution in [-0.2, 0) is 4.79 Å². The number of amides is 1. The fraction of sp³-hybridized carbons (Fsp3) is 0.353. The normalized spacial score (nSPS) is 18.0. The minimum atomic E-state index is -0.929. The highest BCUT2D eigenvalue weighted by Crippen LogP contribution is 2.20. The number of aliphatic carboxylic acids is 1. The predicted molar refractivity (Wildman–Crippen MR) is 84.6 cm³/mol. The summed E-state index contributed by atoms with van der Waals surface area (Å²) in [5.74, 6) is -1.15. The molecule has 0 radical (unpaired) electrons. The molecule has 1 saturated heterocycles. The van der Waals surface area contributed by atoms with Gasteiger partial charge in [0.05, 0.1) is 11.4 Å². The van der Waals surface area contributed by atoms with Gasteiger partial charge in [0.2, 0.25) is 0 Å². The van der Waals surface area contributed by atoms with Crippen LogP contribution in [0.4, 0.5) is 0 Å². The van der Waals surface area contributed by atoms with E-state index in [0.717, 1.165) is 24.2 Å². The quantitative estimate of drug-likeness (QED) is 0.943. The van der Waals surface area contributed by atoms with Crippen molar-refractivity contribution in [2.75, 3.05) is 6.54 Å². The second-order valence-corrected chi connectivity index (χ2v) is 5.80. The molecule has 1 fully saturated rings. The van der Waals surface area contributed by atoms with Crippen molar-refractivity contribution in [3.63, 3.8) is 0 Å². The number of nitrogens with zero attached hydrogens (tertiary/aromatic N) is 3. The number of likely N-dealkylation sites (tertiary alicyclic amines) is 1. The highest BCUT2D eigenvalue weighted by atomic mass is 16.4. The first-order chi connectivity index (χ1) is 11.1. The molecular weight excluding hydrogens is 294 g/mol. The molecule has 23 heavy (non-hydrogen) atoms. The van der Waals surface area contributed by atoms with E-state index in [-0.39, 0.29) is 5.91 Å². The Hall–Kier alpha value is -2.63. The maximum atomic E-state index is 12.6. The number of piperidine rings is 1. The van der Waals surface area contributed by atoms with E-state index in [1.165, 1.54) is 4.90 Å². The van der Waals surface area contributed by atoms with E-state index in [9.17, 15) is 14.7 Å². The second-order valence-electron chi connectivity index (χ2n) is 5.80. The number of rotatable bonds is 3. The molecule has 1 amide bonds. The topological polar surface area (TPSA) is 75.4 Å². The van der Waals surface area contributed by atoms with Gasteiger partial charge in [0, 0.05) is 18.3 Å². The number of aromatic nitrogens is 2. The van der Waals surface area contributed by atoms with Gasteiger partial charge in [0.1, 0.15) is 6.04 Å². The molecule has 0 spiro atoms.